The van der Waals surface area contributed by atoms with Crippen LogP contribution >= 0.6 is 27.5 Å². The average molecular weight is 310 g/mol. The van der Waals surface area contributed by atoms with Gasteiger partial charge in [0.2, 0.25) is 0 Å². The molecule has 1 fully saturated rings. The van der Waals surface area contributed by atoms with Crippen molar-refractivity contribution in [3.8, 4) is 0 Å². The van der Waals surface area contributed by atoms with Crippen LogP contribution in [0.4, 0.5) is 5.82 Å². The molecule has 6 heteroatoms. The van der Waals surface area contributed by atoms with Gasteiger partial charge in [0.05, 0.1) is 9.50 Å². The van der Waals surface area contributed by atoms with Crippen LogP contribution < -0.4 is 4.90 Å². The Morgan fingerprint density at radius 2 is 2.13 bits per heavy atom. The summed E-state index contributed by atoms with van der Waals surface area (Å²) in [4.78, 5) is 6.40. The summed E-state index contributed by atoms with van der Waals surface area (Å²) in [5, 5.41) is 0.617. The van der Waals surface area contributed by atoms with E-state index in [2.05, 4.69) is 25.8 Å². The van der Waals surface area contributed by atoms with E-state index in [1.54, 1.807) is 6.20 Å². The topological polar surface area (TPSA) is 33.2 Å². The van der Waals surface area contributed by atoms with E-state index in [0.29, 0.717) is 5.02 Å². The molecule has 2 rings (SSSR count). The maximum atomic E-state index is 11.2. The lowest BCUT2D eigenvalue weighted by Gasteiger charge is -2.28. The lowest BCUT2D eigenvalue weighted by Crippen LogP contribution is -2.38. The highest BCUT2D eigenvalue weighted by Crippen LogP contribution is 2.27. The molecule has 1 saturated heterocycles. The molecule has 2 heterocycles. The summed E-state index contributed by atoms with van der Waals surface area (Å²) < 4.78 is 12.1. The van der Waals surface area contributed by atoms with Crippen LogP contribution in [0.15, 0.2) is 16.7 Å². The third-order valence-electron chi connectivity index (χ3n) is 2.27. The number of hydrogen-bond donors (Lipinski definition) is 0. The zero-order valence-corrected chi connectivity index (χ0v) is 11.1. The summed E-state index contributed by atoms with van der Waals surface area (Å²) in [7, 11) is -0.656. The number of halogens is 2. The SMILES string of the molecule is O=S1CCN(c2ncc(Cl)cc2Br)CC1. The Balaban J connectivity index is 2.19. The summed E-state index contributed by atoms with van der Waals surface area (Å²) in [6, 6.07) is 1.83. The number of anilines is 1. The molecule has 3 nitrogen and oxygen atoms in total. The van der Waals surface area contributed by atoms with Crippen molar-refractivity contribution in [1.29, 1.82) is 0 Å². The Morgan fingerprint density at radius 1 is 1.47 bits per heavy atom. The van der Waals surface area contributed by atoms with Gasteiger partial charge in [0.1, 0.15) is 5.82 Å². The monoisotopic (exact) mass is 308 g/mol. The van der Waals surface area contributed by atoms with Gasteiger partial charge in [-0.1, -0.05) is 11.6 Å². The van der Waals surface area contributed by atoms with Gasteiger partial charge in [-0.2, -0.15) is 0 Å². The van der Waals surface area contributed by atoms with Crippen LogP contribution in [0.3, 0.4) is 0 Å². The van der Waals surface area contributed by atoms with Crippen molar-refractivity contribution in [3.63, 3.8) is 0 Å². The predicted octanol–water partition coefficient (Wildman–Crippen LogP) is 2.07. The average Bonchev–Trinajstić information content (AvgIpc) is 2.20. The van der Waals surface area contributed by atoms with Crippen LogP contribution in [0, 0.1) is 0 Å². The van der Waals surface area contributed by atoms with Gasteiger partial charge in [0, 0.05) is 41.6 Å². The van der Waals surface area contributed by atoms with Crippen LogP contribution in [-0.4, -0.2) is 33.8 Å². The smallest absolute Gasteiger partial charge is 0.143 e. The lowest BCUT2D eigenvalue weighted by molar-refractivity contribution is 0.672. The molecule has 1 aromatic heterocycles. The van der Waals surface area contributed by atoms with Gasteiger partial charge >= 0.3 is 0 Å². The predicted molar refractivity (Wildman–Crippen MR) is 67.0 cm³/mol. The maximum Gasteiger partial charge on any atom is 0.143 e. The van der Waals surface area contributed by atoms with E-state index in [1.807, 2.05) is 6.07 Å². The highest BCUT2D eigenvalue weighted by Gasteiger charge is 2.18. The van der Waals surface area contributed by atoms with Crippen LogP contribution in [0.2, 0.25) is 5.02 Å². The highest BCUT2D eigenvalue weighted by atomic mass is 79.9. The molecule has 0 atom stereocenters. The number of pyridine rings is 1. The molecule has 0 saturated carbocycles. The Kier molecular flexibility index (Phi) is 3.64. The van der Waals surface area contributed by atoms with Crippen molar-refractivity contribution in [2.45, 2.75) is 0 Å². The van der Waals surface area contributed by atoms with Crippen molar-refractivity contribution >= 4 is 44.1 Å². The van der Waals surface area contributed by atoms with Gasteiger partial charge in [-0.3, -0.25) is 4.21 Å². The first-order chi connectivity index (χ1) is 7.16. The van der Waals surface area contributed by atoms with Gasteiger partial charge in [0.25, 0.3) is 0 Å². The van der Waals surface area contributed by atoms with Crippen LogP contribution in [0.5, 0.6) is 0 Å². The molecule has 1 aliphatic heterocycles. The molecule has 0 aliphatic carbocycles. The molecule has 1 aliphatic rings. The van der Waals surface area contributed by atoms with E-state index < -0.39 is 10.8 Å². The fourth-order valence-electron chi connectivity index (χ4n) is 1.49. The Labute approximate surface area is 104 Å². The summed E-state index contributed by atoms with van der Waals surface area (Å²) in [6.45, 7) is 1.58. The molecule has 15 heavy (non-hydrogen) atoms. The molecule has 0 radical (unpaired) electrons. The second kappa shape index (κ2) is 4.80. The molecule has 0 N–H and O–H groups in total. The third kappa shape index (κ3) is 2.71. The van der Waals surface area contributed by atoms with Gasteiger partial charge in [-0.25, -0.2) is 4.98 Å². The molecule has 0 unspecified atom stereocenters. The third-order valence-corrected chi connectivity index (χ3v) is 4.33. The summed E-state index contributed by atoms with van der Waals surface area (Å²) in [6.07, 6.45) is 1.63. The molecule has 0 bridgehead atoms. The largest absolute Gasteiger partial charge is 0.354 e. The second-order valence-corrected chi connectivity index (χ2v) is 6.28. The molecule has 0 spiro atoms. The van der Waals surface area contributed by atoms with Gasteiger partial charge in [-0.15, -0.1) is 0 Å². The zero-order valence-electron chi connectivity index (χ0n) is 7.95. The number of hydrogen-bond acceptors (Lipinski definition) is 3. The fraction of sp³-hybridized carbons (Fsp3) is 0.444. The van der Waals surface area contributed by atoms with Crippen LogP contribution in [0.1, 0.15) is 0 Å². The van der Waals surface area contributed by atoms with E-state index in [-0.39, 0.29) is 0 Å². The number of nitrogens with zero attached hydrogens (tertiary/aromatic N) is 2. The lowest BCUT2D eigenvalue weighted by atomic mass is 10.4. The standard InChI is InChI=1S/C9H10BrClN2OS/c10-8-5-7(11)6-12-9(8)13-1-3-15(14)4-2-13/h5-6H,1-4H2. The minimum atomic E-state index is -0.656. The quantitative estimate of drug-likeness (QED) is 0.796. The van der Waals surface area contributed by atoms with Crippen molar-refractivity contribution in [2.24, 2.45) is 0 Å². The van der Waals surface area contributed by atoms with Gasteiger partial charge in [0.15, 0.2) is 0 Å². The van der Waals surface area contributed by atoms with Crippen molar-refractivity contribution < 1.29 is 4.21 Å². The zero-order chi connectivity index (χ0) is 10.8. The minimum absolute atomic E-state index is 0.617. The Hall–Kier alpha value is -0.130. The molecule has 1 aromatic rings. The Bertz CT molecular complexity index is 392. The first kappa shape index (κ1) is 11.4. The van der Waals surface area contributed by atoms with Gasteiger partial charge in [-0.05, 0) is 22.0 Å². The molecular weight excluding hydrogens is 300 g/mol. The normalized spacial score (nSPS) is 18.1. The maximum absolute atomic E-state index is 11.2. The van der Waals surface area contributed by atoms with Crippen molar-refractivity contribution in [1.82, 2.24) is 4.98 Å². The van der Waals surface area contributed by atoms with Crippen molar-refractivity contribution in [2.75, 3.05) is 29.5 Å². The van der Waals surface area contributed by atoms with Gasteiger partial charge < -0.3 is 4.90 Å². The van der Waals surface area contributed by atoms with E-state index in [1.165, 1.54) is 0 Å². The van der Waals surface area contributed by atoms with Crippen molar-refractivity contribution in [3.05, 3.63) is 21.8 Å². The fourth-order valence-corrected chi connectivity index (χ4v) is 3.43. The first-order valence-electron chi connectivity index (χ1n) is 4.58. The second-order valence-electron chi connectivity index (χ2n) is 3.29. The first-order valence-corrected chi connectivity index (χ1v) is 7.23. The summed E-state index contributed by atoms with van der Waals surface area (Å²) in [5.41, 5.74) is 0. The van der Waals surface area contributed by atoms with Crippen LogP contribution in [-0.2, 0) is 10.8 Å². The molecular formula is C9H10BrClN2OS. The molecule has 0 amide bonds. The number of aromatic nitrogens is 1. The summed E-state index contributed by atoms with van der Waals surface area (Å²) in [5.74, 6) is 2.32. The van der Waals surface area contributed by atoms with E-state index in [4.69, 9.17) is 11.6 Å². The van der Waals surface area contributed by atoms with Crippen LogP contribution in [0.25, 0.3) is 0 Å². The van der Waals surface area contributed by atoms with E-state index in [0.717, 1.165) is 34.9 Å². The Morgan fingerprint density at radius 3 is 2.73 bits per heavy atom. The summed E-state index contributed by atoms with van der Waals surface area (Å²) >= 11 is 9.25. The highest BCUT2D eigenvalue weighted by molar-refractivity contribution is 9.10. The number of rotatable bonds is 1. The van der Waals surface area contributed by atoms with E-state index in [9.17, 15) is 4.21 Å². The molecule has 82 valence electrons. The minimum Gasteiger partial charge on any atom is -0.354 e. The molecule has 0 aromatic carbocycles. The van der Waals surface area contributed by atoms with E-state index >= 15 is 0 Å².